The van der Waals surface area contributed by atoms with Gasteiger partial charge < -0.3 is 20.1 Å². The number of ether oxygens (including phenoxy) is 2. The third-order valence-electron chi connectivity index (χ3n) is 4.77. The van der Waals surface area contributed by atoms with E-state index in [9.17, 15) is 9.59 Å². The van der Waals surface area contributed by atoms with Crippen LogP contribution in [-0.2, 0) is 16.1 Å². The Morgan fingerprint density at radius 1 is 1.03 bits per heavy atom. The maximum Gasteiger partial charge on any atom is 0.338 e. The second-order valence-electron chi connectivity index (χ2n) is 7.95. The van der Waals surface area contributed by atoms with Gasteiger partial charge >= 0.3 is 12.0 Å². The van der Waals surface area contributed by atoms with Crippen LogP contribution in [0, 0.1) is 5.92 Å². The van der Waals surface area contributed by atoms with Crippen molar-refractivity contribution in [3.8, 4) is 5.75 Å². The molecule has 0 saturated carbocycles. The van der Waals surface area contributed by atoms with Gasteiger partial charge in [-0.2, -0.15) is 0 Å². The highest BCUT2D eigenvalue weighted by molar-refractivity contribution is 9.10. The zero-order valence-electron chi connectivity index (χ0n) is 18.1. The van der Waals surface area contributed by atoms with Gasteiger partial charge in [0.05, 0.1) is 17.7 Å². The van der Waals surface area contributed by atoms with Gasteiger partial charge in [0, 0.05) is 10.2 Å². The van der Waals surface area contributed by atoms with E-state index in [-0.39, 0.29) is 18.1 Å². The number of benzene rings is 2. The lowest BCUT2D eigenvalue weighted by Gasteiger charge is -2.31. The Labute approximate surface area is 191 Å². The first-order chi connectivity index (χ1) is 14.7. The van der Waals surface area contributed by atoms with E-state index >= 15 is 0 Å². The maximum absolute atomic E-state index is 12.9. The lowest BCUT2D eigenvalue weighted by molar-refractivity contribution is -0.143. The molecule has 0 bridgehead atoms. The summed E-state index contributed by atoms with van der Waals surface area (Å²) in [4.78, 5) is 25.1. The van der Waals surface area contributed by atoms with Crippen LogP contribution in [-0.4, -0.2) is 18.1 Å². The standard InChI is InChI=1S/C24H27BrN2O4/c1-14(2)21-20(23(28)31-15(3)4)22(27-24(29)26-21)17-7-11-19(12-8-17)30-13-16-5-9-18(25)10-6-16/h5-12,14-15,22H,13H2,1-4H3,(H2,26,27,29). The molecule has 1 aliphatic heterocycles. The number of allylic oxidation sites excluding steroid dienone is 1. The van der Waals surface area contributed by atoms with Gasteiger partial charge in [0.1, 0.15) is 12.4 Å². The molecule has 3 rings (SSSR count). The molecule has 6 nitrogen and oxygen atoms in total. The Morgan fingerprint density at radius 3 is 2.26 bits per heavy atom. The second kappa shape index (κ2) is 10.0. The molecule has 0 aromatic heterocycles. The Balaban J connectivity index is 1.83. The fraction of sp³-hybridized carbons (Fsp3) is 0.333. The summed E-state index contributed by atoms with van der Waals surface area (Å²) in [5.74, 6) is 0.217. The van der Waals surface area contributed by atoms with Crippen molar-refractivity contribution >= 4 is 27.9 Å². The predicted molar refractivity (Wildman–Crippen MR) is 122 cm³/mol. The maximum atomic E-state index is 12.9. The van der Waals surface area contributed by atoms with E-state index in [2.05, 4.69) is 26.6 Å². The van der Waals surface area contributed by atoms with Crippen molar-refractivity contribution in [3.05, 3.63) is 75.4 Å². The van der Waals surface area contributed by atoms with Crippen LogP contribution in [0.1, 0.15) is 44.9 Å². The molecule has 1 heterocycles. The summed E-state index contributed by atoms with van der Waals surface area (Å²) in [5.41, 5.74) is 2.84. The van der Waals surface area contributed by atoms with Gasteiger partial charge in [0.15, 0.2) is 0 Å². The van der Waals surface area contributed by atoms with Crippen LogP contribution in [0.4, 0.5) is 4.79 Å². The first kappa shape index (κ1) is 22.9. The predicted octanol–water partition coefficient (Wildman–Crippen LogP) is 5.24. The minimum Gasteiger partial charge on any atom is -0.489 e. The number of carbonyl (C=O) groups is 2. The number of urea groups is 1. The number of esters is 1. The Kier molecular flexibility index (Phi) is 7.38. The van der Waals surface area contributed by atoms with Gasteiger partial charge in [0.2, 0.25) is 0 Å². The van der Waals surface area contributed by atoms with Crippen LogP contribution in [0.5, 0.6) is 5.75 Å². The molecule has 0 aliphatic carbocycles. The minimum absolute atomic E-state index is 0.0447. The summed E-state index contributed by atoms with van der Waals surface area (Å²) < 4.78 is 12.3. The fourth-order valence-electron chi connectivity index (χ4n) is 3.30. The number of hydrogen-bond acceptors (Lipinski definition) is 4. The Morgan fingerprint density at radius 2 is 1.68 bits per heavy atom. The average molecular weight is 487 g/mol. The molecule has 0 fully saturated rings. The summed E-state index contributed by atoms with van der Waals surface area (Å²) in [6.45, 7) is 7.91. The summed E-state index contributed by atoms with van der Waals surface area (Å²) >= 11 is 3.42. The van der Waals surface area contributed by atoms with E-state index in [1.54, 1.807) is 13.8 Å². The van der Waals surface area contributed by atoms with Crippen LogP contribution < -0.4 is 15.4 Å². The number of halogens is 1. The fourth-order valence-corrected chi connectivity index (χ4v) is 3.56. The molecule has 1 aliphatic rings. The first-order valence-electron chi connectivity index (χ1n) is 10.2. The molecule has 1 atom stereocenters. The Bertz CT molecular complexity index is 966. The summed E-state index contributed by atoms with van der Waals surface area (Å²) in [6, 6.07) is 14.4. The lowest BCUT2D eigenvalue weighted by atomic mass is 9.91. The molecule has 1 unspecified atom stereocenters. The van der Waals surface area contributed by atoms with Crippen LogP contribution in [0.25, 0.3) is 0 Å². The number of nitrogens with one attached hydrogen (secondary N) is 2. The summed E-state index contributed by atoms with van der Waals surface area (Å²) in [7, 11) is 0. The van der Waals surface area contributed by atoms with Gasteiger partial charge in [-0.05, 0) is 55.2 Å². The van der Waals surface area contributed by atoms with E-state index in [1.165, 1.54) is 0 Å². The average Bonchev–Trinajstić information content (AvgIpc) is 2.72. The molecule has 2 amide bonds. The zero-order chi connectivity index (χ0) is 22.5. The van der Waals surface area contributed by atoms with Gasteiger partial charge in [-0.15, -0.1) is 0 Å². The molecule has 2 aromatic rings. The van der Waals surface area contributed by atoms with Crippen LogP contribution >= 0.6 is 15.9 Å². The van der Waals surface area contributed by atoms with Gasteiger partial charge in [-0.25, -0.2) is 9.59 Å². The van der Waals surface area contributed by atoms with Crippen molar-refractivity contribution in [2.75, 3.05) is 0 Å². The normalized spacial score (nSPS) is 16.2. The molecule has 0 saturated heterocycles. The molecule has 0 radical (unpaired) electrons. The van der Waals surface area contributed by atoms with Crippen LogP contribution in [0.3, 0.4) is 0 Å². The quantitative estimate of drug-likeness (QED) is 0.524. The van der Waals surface area contributed by atoms with E-state index < -0.39 is 12.0 Å². The molecular weight excluding hydrogens is 460 g/mol. The second-order valence-corrected chi connectivity index (χ2v) is 8.87. The van der Waals surface area contributed by atoms with Crippen LogP contribution in [0.15, 0.2) is 64.3 Å². The van der Waals surface area contributed by atoms with Crippen molar-refractivity contribution in [1.29, 1.82) is 0 Å². The molecule has 0 spiro atoms. The van der Waals surface area contributed by atoms with Crippen molar-refractivity contribution in [3.63, 3.8) is 0 Å². The smallest absolute Gasteiger partial charge is 0.338 e. The van der Waals surface area contributed by atoms with E-state index in [4.69, 9.17) is 9.47 Å². The number of hydrogen-bond donors (Lipinski definition) is 2. The number of amides is 2. The molecule has 7 heteroatoms. The van der Waals surface area contributed by atoms with Crippen molar-refractivity contribution in [1.82, 2.24) is 10.6 Å². The van der Waals surface area contributed by atoms with E-state index in [1.807, 2.05) is 62.4 Å². The van der Waals surface area contributed by atoms with E-state index in [0.717, 1.165) is 15.6 Å². The minimum atomic E-state index is -0.599. The topological polar surface area (TPSA) is 76.7 Å². The third-order valence-corrected chi connectivity index (χ3v) is 5.30. The monoisotopic (exact) mass is 486 g/mol. The van der Waals surface area contributed by atoms with E-state index in [0.29, 0.717) is 23.6 Å². The largest absolute Gasteiger partial charge is 0.489 e. The highest BCUT2D eigenvalue weighted by Gasteiger charge is 2.35. The lowest BCUT2D eigenvalue weighted by Crippen LogP contribution is -2.47. The summed E-state index contributed by atoms with van der Waals surface area (Å²) in [5, 5.41) is 5.62. The third kappa shape index (κ3) is 5.88. The van der Waals surface area contributed by atoms with Gasteiger partial charge in [-0.3, -0.25) is 0 Å². The van der Waals surface area contributed by atoms with Crippen molar-refractivity contribution in [2.45, 2.75) is 46.4 Å². The van der Waals surface area contributed by atoms with Crippen molar-refractivity contribution in [2.24, 2.45) is 5.92 Å². The molecule has 164 valence electrons. The molecule has 31 heavy (non-hydrogen) atoms. The highest BCUT2D eigenvalue weighted by atomic mass is 79.9. The highest BCUT2D eigenvalue weighted by Crippen LogP contribution is 2.31. The Hall–Kier alpha value is -2.80. The first-order valence-corrected chi connectivity index (χ1v) is 11.0. The zero-order valence-corrected chi connectivity index (χ0v) is 19.7. The molecular formula is C24H27BrN2O4. The molecule has 2 aromatic carbocycles. The number of carbonyl (C=O) groups excluding carboxylic acids is 2. The number of rotatable bonds is 7. The van der Waals surface area contributed by atoms with Gasteiger partial charge in [0.25, 0.3) is 0 Å². The van der Waals surface area contributed by atoms with Gasteiger partial charge in [-0.1, -0.05) is 54.0 Å². The van der Waals surface area contributed by atoms with Crippen LogP contribution in [0.2, 0.25) is 0 Å². The SMILES string of the molecule is CC(C)OC(=O)C1=C(C(C)C)NC(=O)NC1c1ccc(OCc2ccc(Br)cc2)cc1. The molecule has 2 N–H and O–H groups in total. The summed E-state index contributed by atoms with van der Waals surface area (Å²) in [6.07, 6.45) is -0.263. The van der Waals surface area contributed by atoms with Crippen molar-refractivity contribution < 1.29 is 19.1 Å².